The van der Waals surface area contributed by atoms with E-state index in [2.05, 4.69) is 31.2 Å². The first kappa shape index (κ1) is 14.3. The SMILES string of the molecule is CNC(CN(C)C1CCCC(C)C1)C1CCOC1. The van der Waals surface area contributed by atoms with Gasteiger partial charge in [-0.1, -0.05) is 19.8 Å². The maximum Gasteiger partial charge on any atom is 0.0510 e. The zero-order valence-electron chi connectivity index (χ0n) is 12.3. The van der Waals surface area contributed by atoms with Crippen LogP contribution in [0.25, 0.3) is 0 Å². The van der Waals surface area contributed by atoms with Crippen molar-refractivity contribution in [3.05, 3.63) is 0 Å². The average molecular weight is 254 g/mol. The minimum absolute atomic E-state index is 0.592. The highest BCUT2D eigenvalue weighted by Crippen LogP contribution is 2.27. The predicted molar refractivity (Wildman–Crippen MR) is 75.8 cm³/mol. The van der Waals surface area contributed by atoms with E-state index < -0.39 is 0 Å². The summed E-state index contributed by atoms with van der Waals surface area (Å²) in [5, 5.41) is 3.50. The van der Waals surface area contributed by atoms with Crippen molar-refractivity contribution < 1.29 is 4.74 Å². The predicted octanol–water partition coefficient (Wildman–Crippen LogP) is 2.12. The lowest BCUT2D eigenvalue weighted by Gasteiger charge is -2.37. The topological polar surface area (TPSA) is 24.5 Å². The fraction of sp³-hybridized carbons (Fsp3) is 1.00. The van der Waals surface area contributed by atoms with Crippen LogP contribution in [0.15, 0.2) is 0 Å². The number of hydrogen-bond donors (Lipinski definition) is 1. The Hall–Kier alpha value is -0.120. The van der Waals surface area contributed by atoms with Crippen LogP contribution in [-0.4, -0.2) is 50.8 Å². The van der Waals surface area contributed by atoms with Crippen molar-refractivity contribution in [3.63, 3.8) is 0 Å². The zero-order chi connectivity index (χ0) is 13.0. The van der Waals surface area contributed by atoms with Crippen LogP contribution >= 0.6 is 0 Å². The van der Waals surface area contributed by atoms with Crippen molar-refractivity contribution in [1.82, 2.24) is 10.2 Å². The summed E-state index contributed by atoms with van der Waals surface area (Å²) < 4.78 is 5.53. The maximum atomic E-state index is 5.53. The maximum absolute atomic E-state index is 5.53. The molecule has 0 aromatic heterocycles. The third kappa shape index (κ3) is 3.69. The number of nitrogens with one attached hydrogen (secondary N) is 1. The third-order valence-corrected chi connectivity index (χ3v) is 4.92. The molecule has 2 aliphatic rings. The fourth-order valence-electron chi connectivity index (χ4n) is 3.61. The first-order valence-corrected chi connectivity index (χ1v) is 7.66. The van der Waals surface area contributed by atoms with Crippen LogP contribution in [0.5, 0.6) is 0 Å². The lowest BCUT2D eigenvalue weighted by molar-refractivity contribution is 0.130. The quantitative estimate of drug-likeness (QED) is 0.813. The molecule has 1 saturated heterocycles. The first-order chi connectivity index (χ1) is 8.70. The molecule has 1 aliphatic heterocycles. The highest BCUT2D eigenvalue weighted by atomic mass is 16.5. The molecule has 3 heteroatoms. The zero-order valence-corrected chi connectivity index (χ0v) is 12.3. The lowest BCUT2D eigenvalue weighted by atomic mass is 9.86. The average Bonchev–Trinajstić information content (AvgIpc) is 2.89. The van der Waals surface area contributed by atoms with Gasteiger partial charge in [-0.15, -0.1) is 0 Å². The van der Waals surface area contributed by atoms with E-state index in [-0.39, 0.29) is 0 Å². The third-order valence-electron chi connectivity index (χ3n) is 4.92. The van der Waals surface area contributed by atoms with Crippen LogP contribution in [0.1, 0.15) is 39.0 Å². The van der Waals surface area contributed by atoms with Gasteiger partial charge in [0.15, 0.2) is 0 Å². The molecule has 0 spiro atoms. The second kappa shape index (κ2) is 6.88. The van der Waals surface area contributed by atoms with Gasteiger partial charge in [-0.3, -0.25) is 0 Å². The molecule has 0 aromatic carbocycles. The van der Waals surface area contributed by atoms with E-state index in [1.54, 1.807) is 0 Å². The molecular weight excluding hydrogens is 224 g/mol. The van der Waals surface area contributed by atoms with Gasteiger partial charge >= 0.3 is 0 Å². The van der Waals surface area contributed by atoms with Gasteiger partial charge in [-0.2, -0.15) is 0 Å². The minimum atomic E-state index is 0.592. The van der Waals surface area contributed by atoms with Gasteiger partial charge in [0.25, 0.3) is 0 Å². The molecule has 0 aromatic rings. The molecule has 1 saturated carbocycles. The summed E-state index contributed by atoms with van der Waals surface area (Å²) in [6.45, 7) is 5.47. The Labute approximate surface area is 112 Å². The second-order valence-corrected chi connectivity index (χ2v) is 6.38. The lowest BCUT2D eigenvalue weighted by Crippen LogP contribution is -2.47. The molecule has 0 amide bonds. The number of likely N-dealkylation sites (N-methyl/N-ethyl adjacent to an activating group) is 2. The van der Waals surface area contributed by atoms with E-state index in [1.165, 1.54) is 38.6 Å². The van der Waals surface area contributed by atoms with Crippen LogP contribution in [0.3, 0.4) is 0 Å². The first-order valence-electron chi connectivity index (χ1n) is 7.66. The van der Waals surface area contributed by atoms with Crippen molar-refractivity contribution in [2.45, 2.75) is 51.1 Å². The van der Waals surface area contributed by atoms with E-state index in [0.29, 0.717) is 12.0 Å². The monoisotopic (exact) mass is 254 g/mol. The Morgan fingerprint density at radius 3 is 2.78 bits per heavy atom. The summed E-state index contributed by atoms with van der Waals surface area (Å²) in [5.41, 5.74) is 0. The molecule has 3 nitrogen and oxygen atoms in total. The second-order valence-electron chi connectivity index (χ2n) is 6.38. The summed E-state index contributed by atoms with van der Waals surface area (Å²) in [6.07, 6.45) is 6.83. The van der Waals surface area contributed by atoms with Gasteiger partial charge in [0, 0.05) is 31.2 Å². The van der Waals surface area contributed by atoms with Crippen molar-refractivity contribution in [2.24, 2.45) is 11.8 Å². The molecular formula is C15H30N2O. The summed E-state index contributed by atoms with van der Waals surface area (Å²) in [6, 6.07) is 1.39. The van der Waals surface area contributed by atoms with E-state index in [9.17, 15) is 0 Å². The van der Waals surface area contributed by atoms with E-state index in [0.717, 1.165) is 25.2 Å². The van der Waals surface area contributed by atoms with Crippen LogP contribution in [-0.2, 0) is 4.74 Å². The van der Waals surface area contributed by atoms with Gasteiger partial charge in [-0.05, 0) is 39.3 Å². The summed E-state index contributed by atoms with van der Waals surface area (Å²) in [5.74, 6) is 1.62. The molecule has 0 radical (unpaired) electrons. The summed E-state index contributed by atoms with van der Waals surface area (Å²) in [4.78, 5) is 2.59. The molecule has 1 heterocycles. The van der Waals surface area contributed by atoms with E-state index in [4.69, 9.17) is 4.74 Å². The van der Waals surface area contributed by atoms with Crippen molar-refractivity contribution >= 4 is 0 Å². The van der Waals surface area contributed by atoms with Crippen LogP contribution < -0.4 is 5.32 Å². The minimum Gasteiger partial charge on any atom is -0.381 e. The Balaban J connectivity index is 1.82. The Morgan fingerprint density at radius 2 is 2.17 bits per heavy atom. The molecule has 4 unspecified atom stereocenters. The molecule has 106 valence electrons. The van der Waals surface area contributed by atoms with Crippen molar-refractivity contribution in [3.8, 4) is 0 Å². The van der Waals surface area contributed by atoms with Gasteiger partial charge < -0.3 is 15.0 Å². The van der Waals surface area contributed by atoms with Gasteiger partial charge in [-0.25, -0.2) is 0 Å². The van der Waals surface area contributed by atoms with E-state index in [1.807, 2.05) is 0 Å². The molecule has 2 fully saturated rings. The van der Waals surface area contributed by atoms with Crippen LogP contribution in [0, 0.1) is 11.8 Å². The molecule has 1 aliphatic carbocycles. The fourth-order valence-corrected chi connectivity index (χ4v) is 3.61. The normalized spacial score (nSPS) is 35.0. The number of ether oxygens (including phenoxy) is 1. The summed E-state index contributed by atoms with van der Waals surface area (Å²) >= 11 is 0. The number of rotatable bonds is 5. The van der Waals surface area contributed by atoms with Gasteiger partial charge in [0.2, 0.25) is 0 Å². The molecule has 4 atom stereocenters. The van der Waals surface area contributed by atoms with E-state index >= 15 is 0 Å². The van der Waals surface area contributed by atoms with Crippen molar-refractivity contribution in [2.75, 3.05) is 33.9 Å². The molecule has 2 rings (SSSR count). The molecule has 0 bridgehead atoms. The number of nitrogens with zero attached hydrogens (tertiary/aromatic N) is 1. The molecule has 1 N–H and O–H groups in total. The highest BCUT2D eigenvalue weighted by Gasteiger charge is 2.28. The Kier molecular flexibility index (Phi) is 5.46. The summed E-state index contributed by atoms with van der Waals surface area (Å²) in [7, 11) is 4.41. The van der Waals surface area contributed by atoms with Crippen LogP contribution in [0.2, 0.25) is 0 Å². The van der Waals surface area contributed by atoms with Gasteiger partial charge in [0.05, 0.1) is 6.61 Å². The largest absolute Gasteiger partial charge is 0.381 e. The highest BCUT2D eigenvalue weighted by molar-refractivity contribution is 4.84. The Morgan fingerprint density at radius 1 is 1.33 bits per heavy atom. The standard InChI is InChI=1S/C15H30N2O/c1-12-5-4-6-14(9-12)17(3)10-15(16-2)13-7-8-18-11-13/h12-16H,4-11H2,1-3H3. The Bertz CT molecular complexity index is 241. The van der Waals surface area contributed by atoms with Crippen LogP contribution in [0.4, 0.5) is 0 Å². The van der Waals surface area contributed by atoms with Crippen molar-refractivity contribution in [1.29, 1.82) is 0 Å². The number of hydrogen-bond acceptors (Lipinski definition) is 3. The molecule has 18 heavy (non-hydrogen) atoms. The van der Waals surface area contributed by atoms with Gasteiger partial charge in [0.1, 0.15) is 0 Å². The smallest absolute Gasteiger partial charge is 0.0510 e.